The lowest BCUT2D eigenvalue weighted by Crippen LogP contribution is -2.39. The van der Waals surface area contributed by atoms with Gasteiger partial charge in [0.15, 0.2) is 4.80 Å². The van der Waals surface area contributed by atoms with E-state index in [9.17, 15) is 9.59 Å². The van der Waals surface area contributed by atoms with E-state index in [1.165, 1.54) is 17.4 Å². The van der Waals surface area contributed by atoms with Crippen LogP contribution in [0.5, 0.6) is 5.75 Å². The number of nitrogens with zero attached hydrogens (tertiary/aromatic N) is 2. The average molecular weight is 467 g/mol. The van der Waals surface area contributed by atoms with E-state index in [1.807, 2.05) is 48.7 Å². The SMILES string of the molecule is C=CCOC(=O)C1=C(C)N=c2sc(=Cc3sccc3C)c(=O)n2C1c1ccc(OC)cc1. The van der Waals surface area contributed by atoms with Gasteiger partial charge in [-0.05, 0) is 54.6 Å². The fourth-order valence-electron chi connectivity index (χ4n) is 3.55. The van der Waals surface area contributed by atoms with Crippen LogP contribution in [0.15, 0.2) is 69.4 Å². The van der Waals surface area contributed by atoms with Gasteiger partial charge in [0.1, 0.15) is 12.4 Å². The van der Waals surface area contributed by atoms with Crippen molar-refractivity contribution in [3.05, 3.63) is 95.3 Å². The van der Waals surface area contributed by atoms with Gasteiger partial charge in [0.2, 0.25) is 0 Å². The molecule has 0 saturated heterocycles. The molecule has 0 saturated carbocycles. The number of hydrogen-bond acceptors (Lipinski definition) is 7. The Labute approximate surface area is 193 Å². The second-order valence-corrected chi connectivity index (χ2v) is 9.17. The summed E-state index contributed by atoms with van der Waals surface area (Å²) in [6.45, 7) is 7.45. The zero-order chi connectivity index (χ0) is 22.8. The fraction of sp³-hybridized carbons (Fsp3) is 0.208. The molecular formula is C24H22N2O4S2. The summed E-state index contributed by atoms with van der Waals surface area (Å²) in [5.41, 5.74) is 2.55. The van der Waals surface area contributed by atoms with Gasteiger partial charge < -0.3 is 9.47 Å². The van der Waals surface area contributed by atoms with Crippen LogP contribution in [0.1, 0.15) is 29.0 Å². The molecule has 1 aliphatic heterocycles. The van der Waals surface area contributed by atoms with Gasteiger partial charge in [-0.1, -0.05) is 36.1 Å². The Balaban J connectivity index is 1.93. The smallest absolute Gasteiger partial charge is 0.338 e. The maximum Gasteiger partial charge on any atom is 0.338 e. The van der Waals surface area contributed by atoms with Gasteiger partial charge in [-0.15, -0.1) is 11.3 Å². The maximum absolute atomic E-state index is 13.5. The minimum atomic E-state index is -0.652. The normalized spacial score (nSPS) is 15.8. The van der Waals surface area contributed by atoms with Crippen LogP contribution in [0, 0.1) is 6.92 Å². The molecule has 0 amide bonds. The molecule has 32 heavy (non-hydrogen) atoms. The van der Waals surface area contributed by atoms with Gasteiger partial charge in [-0.2, -0.15) is 0 Å². The van der Waals surface area contributed by atoms with Gasteiger partial charge in [0, 0.05) is 4.88 Å². The summed E-state index contributed by atoms with van der Waals surface area (Å²) in [4.78, 5) is 32.7. The van der Waals surface area contributed by atoms with Crippen LogP contribution < -0.4 is 19.6 Å². The number of carbonyl (C=O) groups excluding carboxylic acids is 1. The highest BCUT2D eigenvalue weighted by Gasteiger charge is 2.33. The van der Waals surface area contributed by atoms with Crippen molar-refractivity contribution in [3.8, 4) is 5.75 Å². The average Bonchev–Trinajstić information content (AvgIpc) is 3.33. The second kappa shape index (κ2) is 9.10. The van der Waals surface area contributed by atoms with E-state index in [4.69, 9.17) is 9.47 Å². The maximum atomic E-state index is 13.5. The molecule has 0 aliphatic carbocycles. The molecule has 1 unspecified atom stereocenters. The number of esters is 1. The summed E-state index contributed by atoms with van der Waals surface area (Å²) in [7, 11) is 1.59. The van der Waals surface area contributed by atoms with Gasteiger partial charge >= 0.3 is 5.97 Å². The molecule has 0 fully saturated rings. The fourth-order valence-corrected chi connectivity index (χ4v) is 5.51. The Hall–Kier alpha value is -3.23. The predicted octanol–water partition coefficient (Wildman–Crippen LogP) is 3.34. The number of fused-ring (bicyclic) bond motifs is 1. The minimum Gasteiger partial charge on any atom is -0.497 e. The number of benzene rings is 1. The van der Waals surface area contributed by atoms with E-state index in [-0.39, 0.29) is 12.2 Å². The van der Waals surface area contributed by atoms with Crippen molar-refractivity contribution in [1.82, 2.24) is 4.57 Å². The number of methoxy groups -OCH3 is 1. The van der Waals surface area contributed by atoms with Crippen LogP contribution >= 0.6 is 22.7 Å². The first-order valence-corrected chi connectivity index (χ1v) is 11.6. The molecule has 164 valence electrons. The van der Waals surface area contributed by atoms with Crippen molar-refractivity contribution < 1.29 is 14.3 Å². The second-order valence-electron chi connectivity index (χ2n) is 7.21. The first kappa shape index (κ1) is 22.0. The minimum absolute atomic E-state index is 0.0764. The number of aryl methyl sites for hydroxylation is 1. The van der Waals surface area contributed by atoms with Crippen molar-refractivity contribution in [3.63, 3.8) is 0 Å². The predicted molar refractivity (Wildman–Crippen MR) is 127 cm³/mol. The van der Waals surface area contributed by atoms with E-state index >= 15 is 0 Å². The summed E-state index contributed by atoms with van der Waals surface area (Å²) in [6, 6.07) is 8.68. The van der Waals surface area contributed by atoms with Gasteiger partial charge in [-0.3, -0.25) is 9.36 Å². The largest absolute Gasteiger partial charge is 0.497 e. The lowest BCUT2D eigenvalue weighted by Gasteiger charge is -2.24. The quantitative estimate of drug-likeness (QED) is 0.413. The van der Waals surface area contributed by atoms with E-state index in [1.54, 1.807) is 29.9 Å². The summed E-state index contributed by atoms with van der Waals surface area (Å²) in [5.74, 6) is 0.168. The molecule has 0 bridgehead atoms. The number of allylic oxidation sites excluding steroid dienone is 1. The molecule has 1 aliphatic rings. The summed E-state index contributed by atoms with van der Waals surface area (Å²) < 4.78 is 12.8. The van der Waals surface area contributed by atoms with Gasteiger partial charge in [-0.25, -0.2) is 9.79 Å². The molecule has 2 aromatic heterocycles. The van der Waals surface area contributed by atoms with Crippen LogP contribution in [-0.4, -0.2) is 24.3 Å². The summed E-state index contributed by atoms with van der Waals surface area (Å²) in [5, 5.41) is 2.00. The molecule has 0 N–H and O–H groups in total. The van der Waals surface area contributed by atoms with Crippen molar-refractivity contribution in [2.45, 2.75) is 19.9 Å². The third-order valence-electron chi connectivity index (χ3n) is 5.17. The number of rotatable bonds is 6. The lowest BCUT2D eigenvalue weighted by atomic mass is 9.96. The highest BCUT2D eigenvalue weighted by atomic mass is 32.1. The third kappa shape index (κ3) is 3.99. The van der Waals surface area contributed by atoms with Crippen LogP contribution in [0.2, 0.25) is 0 Å². The standard InChI is InChI=1S/C24H22N2O4S2/c1-5-11-30-23(28)20-15(3)25-24-26(21(20)16-6-8-17(29-4)9-7-16)22(27)19(32-24)13-18-14(2)10-12-31-18/h5-10,12-13,21H,1,11H2,2-4H3. The Morgan fingerprint density at radius 3 is 2.62 bits per heavy atom. The zero-order valence-corrected chi connectivity index (χ0v) is 19.6. The highest BCUT2D eigenvalue weighted by Crippen LogP contribution is 2.31. The number of ether oxygens (including phenoxy) is 2. The van der Waals surface area contributed by atoms with E-state index < -0.39 is 12.0 Å². The summed E-state index contributed by atoms with van der Waals surface area (Å²) >= 11 is 2.90. The third-order valence-corrected chi connectivity index (χ3v) is 7.12. The number of aromatic nitrogens is 1. The number of hydrogen-bond donors (Lipinski definition) is 0. The van der Waals surface area contributed by atoms with Crippen LogP contribution in [0.4, 0.5) is 0 Å². The van der Waals surface area contributed by atoms with Crippen LogP contribution in [-0.2, 0) is 9.53 Å². The number of thiophene rings is 1. The zero-order valence-electron chi connectivity index (χ0n) is 18.0. The number of thiazole rings is 1. The molecular weight excluding hydrogens is 444 g/mol. The van der Waals surface area contributed by atoms with Crippen molar-refractivity contribution in [2.24, 2.45) is 4.99 Å². The first-order chi connectivity index (χ1) is 15.4. The summed E-state index contributed by atoms with van der Waals surface area (Å²) in [6.07, 6.45) is 3.40. The monoisotopic (exact) mass is 466 g/mol. The van der Waals surface area contributed by atoms with E-state index in [0.717, 1.165) is 16.0 Å². The molecule has 6 nitrogen and oxygen atoms in total. The van der Waals surface area contributed by atoms with Crippen LogP contribution in [0.3, 0.4) is 0 Å². The molecule has 1 aromatic carbocycles. The molecule has 3 aromatic rings. The molecule has 1 atom stereocenters. The Bertz CT molecular complexity index is 1390. The molecule has 0 spiro atoms. The number of carbonyl (C=O) groups is 1. The van der Waals surface area contributed by atoms with Gasteiger partial charge in [0.05, 0.1) is 29.0 Å². The van der Waals surface area contributed by atoms with E-state index in [0.29, 0.717) is 26.4 Å². The molecule has 0 radical (unpaired) electrons. The van der Waals surface area contributed by atoms with Crippen molar-refractivity contribution in [1.29, 1.82) is 0 Å². The Morgan fingerprint density at radius 2 is 2.00 bits per heavy atom. The molecule has 4 rings (SSSR count). The lowest BCUT2D eigenvalue weighted by molar-refractivity contribution is -0.138. The molecule has 3 heterocycles. The van der Waals surface area contributed by atoms with Crippen molar-refractivity contribution in [2.75, 3.05) is 13.7 Å². The van der Waals surface area contributed by atoms with Crippen LogP contribution in [0.25, 0.3) is 6.08 Å². The van der Waals surface area contributed by atoms with Crippen molar-refractivity contribution >= 4 is 34.7 Å². The van der Waals surface area contributed by atoms with Gasteiger partial charge in [0.25, 0.3) is 5.56 Å². The topological polar surface area (TPSA) is 69.9 Å². The Kier molecular flexibility index (Phi) is 6.25. The molecule has 8 heteroatoms. The Morgan fingerprint density at radius 1 is 1.25 bits per heavy atom. The highest BCUT2D eigenvalue weighted by molar-refractivity contribution is 7.11. The van der Waals surface area contributed by atoms with E-state index in [2.05, 4.69) is 11.6 Å². The first-order valence-electron chi connectivity index (χ1n) is 9.93.